The zero-order chi connectivity index (χ0) is 21.9. The number of fused-ring (bicyclic) bond motifs is 1. The molecule has 0 aliphatic carbocycles. The van der Waals surface area contributed by atoms with Crippen molar-refractivity contribution < 1.29 is 23.7 Å². The summed E-state index contributed by atoms with van der Waals surface area (Å²) in [4.78, 5) is 15.2. The summed E-state index contributed by atoms with van der Waals surface area (Å²) in [5.41, 5.74) is 2.68. The molecule has 32 heavy (non-hydrogen) atoms. The molecule has 1 atom stereocenters. The number of rotatable bonds is 6. The van der Waals surface area contributed by atoms with Gasteiger partial charge in [0.2, 0.25) is 6.79 Å². The highest BCUT2D eigenvalue weighted by Crippen LogP contribution is 2.42. The van der Waals surface area contributed by atoms with Gasteiger partial charge in [-0.2, -0.15) is 0 Å². The lowest BCUT2D eigenvalue weighted by Crippen LogP contribution is -2.30. The van der Waals surface area contributed by atoms with Crippen LogP contribution in [0.1, 0.15) is 26.9 Å². The van der Waals surface area contributed by atoms with Crippen molar-refractivity contribution in [3.05, 3.63) is 83.4 Å². The van der Waals surface area contributed by atoms with Gasteiger partial charge in [-0.1, -0.05) is 36.4 Å². The quantitative estimate of drug-likeness (QED) is 0.534. The van der Waals surface area contributed by atoms with E-state index in [0.29, 0.717) is 41.7 Å². The third-order valence-corrected chi connectivity index (χ3v) is 6.74. The van der Waals surface area contributed by atoms with Crippen molar-refractivity contribution in [2.45, 2.75) is 12.0 Å². The van der Waals surface area contributed by atoms with Crippen molar-refractivity contribution in [1.82, 2.24) is 4.90 Å². The van der Waals surface area contributed by atoms with Gasteiger partial charge in [-0.25, -0.2) is 0 Å². The molecule has 2 aliphatic rings. The molecule has 0 N–H and O–H groups in total. The summed E-state index contributed by atoms with van der Waals surface area (Å²) in [5.74, 6) is 3.45. The molecule has 0 unspecified atom stereocenters. The van der Waals surface area contributed by atoms with E-state index in [1.165, 1.54) is 0 Å². The second-order valence-corrected chi connectivity index (χ2v) is 8.66. The summed E-state index contributed by atoms with van der Waals surface area (Å²) in [6.45, 7) is 1.31. The second kappa shape index (κ2) is 9.04. The number of benzene rings is 3. The van der Waals surface area contributed by atoms with E-state index in [2.05, 4.69) is 0 Å². The molecule has 3 aromatic carbocycles. The Bertz CT molecular complexity index is 1120. The number of hydrogen-bond acceptors (Lipinski definition) is 6. The van der Waals surface area contributed by atoms with Crippen molar-refractivity contribution in [3.63, 3.8) is 0 Å². The van der Waals surface area contributed by atoms with Crippen LogP contribution in [0.2, 0.25) is 0 Å². The smallest absolute Gasteiger partial charge is 0.255 e. The molecule has 2 heterocycles. The van der Waals surface area contributed by atoms with E-state index in [9.17, 15) is 4.79 Å². The number of carbonyl (C=O) groups excluding carboxylic acids is 1. The van der Waals surface area contributed by atoms with Crippen molar-refractivity contribution in [1.29, 1.82) is 0 Å². The molecule has 0 radical (unpaired) electrons. The zero-order valence-corrected chi connectivity index (χ0v) is 18.5. The molecule has 164 valence electrons. The number of carbonyl (C=O) groups is 1. The van der Waals surface area contributed by atoms with Crippen LogP contribution in [0.5, 0.6) is 23.0 Å². The average molecular weight is 450 g/mol. The lowest BCUT2D eigenvalue weighted by Gasteiger charge is -2.25. The van der Waals surface area contributed by atoms with Gasteiger partial charge in [0.15, 0.2) is 23.0 Å². The summed E-state index contributed by atoms with van der Waals surface area (Å²) in [6, 6.07) is 21.2. The number of amides is 1. The number of thioether (sulfide) groups is 1. The highest BCUT2D eigenvalue weighted by molar-refractivity contribution is 7.99. The maximum absolute atomic E-state index is 13.3. The lowest BCUT2D eigenvalue weighted by molar-refractivity contribution is 0.0759. The standard InChI is InChI=1S/C25H23NO5S/c1-28-20-9-8-19(14-22(20)29-15-17-5-3-2-4-6-17)25-26(11-12-32-25)24(27)18-7-10-21-23(13-18)31-16-30-21/h2-10,13-14,25H,11-12,15-16H2,1H3/t25-/m1/s1. The van der Waals surface area contributed by atoms with Gasteiger partial charge in [0.1, 0.15) is 12.0 Å². The molecule has 2 aliphatic heterocycles. The Morgan fingerprint density at radius 2 is 1.88 bits per heavy atom. The fourth-order valence-corrected chi connectivity index (χ4v) is 5.09. The van der Waals surface area contributed by atoms with E-state index >= 15 is 0 Å². The maximum Gasteiger partial charge on any atom is 0.255 e. The van der Waals surface area contributed by atoms with Crippen LogP contribution in [-0.2, 0) is 6.61 Å². The normalized spacial score (nSPS) is 16.8. The first-order chi connectivity index (χ1) is 15.7. The van der Waals surface area contributed by atoms with Gasteiger partial charge in [0, 0.05) is 17.9 Å². The SMILES string of the molecule is COc1ccc([C@H]2SCCN2C(=O)c2ccc3c(c2)OCO3)cc1OCc1ccccc1. The van der Waals surface area contributed by atoms with Crippen LogP contribution in [0.3, 0.4) is 0 Å². The zero-order valence-electron chi connectivity index (χ0n) is 17.7. The van der Waals surface area contributed by atoms with Crippen LogP contribution in [0, 0.1) is 0 Å². The number of nitrogens with zero attached hydrogens (tertiary/aromatic N) is 1. The van der Waals surface area contributed by atoms with Gasteiger partial charge < -0.3 is 23.8 Å². The Kier molecular flexibility index (Phi) is 5.81. The molecule has 0 bridgehead atoms. The van der Waals surface area contributed by atoms with E-state index in [1.807, 2.05) is 53.4 Å². The fraction of sp³-hybridized carbons (Fsp3) is 0.240. The summed E-state index contributed by atoms with van der Waals surface area (Å²) >= 11 is 1.74. The predicted octanol–water partition coefficient (Wildman–Crippen LogP) is 4.89. The molecular weight excluding hydrogens is 426 g/mol. The molecule has 1 saturated heterocycles. The highest BCUT2D eigenvalue weighted by Gasteiger charge is 2.32. The third kappa shape index (κ3) is 4.08. The van der Waals surface area contributed by atoms with Gasteiger partial charge in [-0.05, 0) is 41.5 Å². The predicted molar refractivity (Wildman–Crippen MR) is 123 cm³/mol. The minimum atomic E-state index is -0.0992. The largest absolute Gasteiger partial charge is 0.493 e. The summed E-state index contributed by atoms with van der Waals surface area (Å²) in [7, 11) is 1.63. The first kappa shape index (κ1) is 20.6. The van der Waals surface area contributed by atoms with Gasteiger partial charge in [-0.3, -0.25) is 4.79 Å². The Hall–Kier alpha value is -3.32. The highest BCUT2D eigenvalue weighted by atomic mass is 32.2. The summed E-state index contributed by atoms with van der Waals surface area (Å²) in [5, 5.41) is -0.0992. The van der Waals surface area contributed by atoms with Gasteiger partial charge in [-0.15, -0.1) is 11.8 Å². The van der Waals surface area contributed by atoms with Crippen molar-refractivity contribution in [2.75, 3.05) is 26.2 Å². The summed E-state index contributed by atoms with van der Waals surface area (Å²) in [6.07, 6.45) is 0. The van der Waals surface area contributed by atoms with Crippen LogP contribution in [0.4, 0.5) is 0 Å². The fourth-order valence-electron chi connectivity index (χ4n) is 3.84. The van der Waals surface area contributed by atoms with E-state index in [0.717, 1.165) is 16.9 Å². The van der Waals surface area contributed by atoms with Crippen LogP contribution < -0.4 is 18.9 Å². The van der Waals surface area contributed by atoms with Crippen molar-refractivity contribution in [2.24, 2.45) is 0 Å². The number of hydrogen-bond donors (Lipinski definition) is 0. The molecule has 5 rings (SSSR count). The molecule has 1 amide bonds. The lowest BCUT2D eigenvalue weighted by atomic mass is 10.1. The Balaban J connectivity index is 1.37. The Morgan fingerprint density at radius 3 is 2.72 bits per heavy atom. The minimum absolute atomic E-state index is 0.0270. The molecule has 7 heteroatoms. The number of ether oxygens (including phenoxy) is 4. The molecule has 0 saturated carbocycles. The van der Waals surface area contributed by atoms with E-state index in [4.69, 9.17) is 18.9 Å². The molecule has 6 nitrogen and oxygen atoms in total. The molecule has 0 aromatic heterocycles. The minimum Gasteiger partial charge on any atom is -0.493 e. The van der Waals surface area contributed by atoms with Crippen LogP contribution in [0.15, 0.2) is 66.7 Å². The number of methoxy groups -OCH3 is 1. The van der Waals surface area contributed by atoms with E-state index < -0.39 is 0 Å². The first-order valence-electron chi connectivity index (χ1n) is 10.4. The van der Waals surface area contributed by atoms with Crippen LogP contribution in [-0.4, -0.2) is 37.0 Å². The third-order valence-electron chi connectivity index (χ3n) is 5.48. The van der Waals surface area contributed by atoms with Gasteiger partial charge in [0.05, 0.1) is 7.11 Å². The maximum atomic E-state index is 13.3. The monoisotopic (exact) mass is 449 g/mol. The summed E-state index contributed by atoms with van der Waals surface area (Å²) < 4.78 is 22.4. The first-order valence-corrected chi connectivity index (χ1v) is 11.4. The Labute approximate surface area is 191 Å². The van der Waals surface area contributed by atoms with Crippen LogP contribution >= 0.6 is 11.8 Å². The average Bonchev–Trinajstić information content (AvgIpc) is 3.52. The van der Waals surface area contributed by atoms with E-state index in [-0.39, 0.29) is 18.1 Å². The van der Waals surface area contributed by atoms with Crippen molar-refractivity contribution in [3.8, 4) is 23.0 Å². The van der Waals surface area contributed by atoms with Gasteiger partial charge in [0.25, 0.3) is 5.91 Å². The Morgan fingerprint density at radius 1 is 1.03 bits per heavy atom. The van der Waals surface area contributed by atoms with Crippen molar-refractivity contribution >= 4 is 17.7 Å². The molecule has 1 fully saturated rings. The van der Waals surface area contributed by atoms with Crippen LogP contribution in [0.25, 0.3) is 0 Å². The molecule has 0 spiro atoms. The molecular formula is C25H23NO5S. The molecule has 3 aromatic rings. The van der Waals surface area contributed by atoms with E-state index in [1.54, 1.807) is 37.1 Å². The second-order valence-electron chi connectivity index (χ2n) is 7.47. The van der Waals surface area contributed by atoms with Gasteiger partial charge >= 0.3 is 0 Å². The topological polar surface area (TPSA) is 57.2 Å².